The van der Waals surface area contributed by atoms with E-state index in [0.717, 1.165) is 16.3 Å². The summed E-state index contributed by atoms with van der Waals surface area (Å²) in [6, 6.07) is 11.5. The van der Waals surface area contributed by atoms with Gasteiger partial charge in [0.2, 0.25) is 0 Å². The lowest BCUT2D eigenvalue weighted by atomic mass is 10.3. The largest absolute Gasteiger partial charge is 0.302 e. The van der Waals surface area contributed by atoms with Gasteiger partial charge in [-0.15, -0.1) is 11.8 Å². The predicted octanol–water partition coefficient (Wildman–Crippen LogP) is 3.32. The second-order valence-corrected chi connectivity index (χ2v) is 6.47. The molecule has 0 bridgehead atoms. The highest BCUT2D eigenvalue weighted by Gasteiger charge is 2.20. The summed E-state index contributed by atoms with van der Waals surface area (Å²) in [6.07, 6.45) is 4.48. The van der Waals surface area contributed by atoms with Crippen molar-refractivity contribution in [1.29, 1.82) is 0 Å². The minimum Gasteiger partial charge on any atom is -0.302 e. The summed E-state index contributed by atoms with van der Waals surface area (Å²) < 4.78 is 0. The van der Waals surface area contributed by atoms with Gasteiger partial charge in [-0.25, -0.2) is 9.97 Å². The molecule has 3 nitrogen and oxygen atoms in total. The van der Waals surface area contributed by atoms with Gasteiger partial charge < -0.3 is 4.79 Å². The van der Waals surface area contributed by atoms with E-state index in [1.807, 2.05) is 43.3 Å². The van der Waals surface area contributed by atoms with Gasteiger partial charge in [0.15, 0.2) is 0 Å². The summed E-state index contributed by atoms with van der Waals surface area (Å²) in [4.78, 5) is 19.8. The fourth-order valence-corrected chi connectivity index (χ4v) is 3.46. The van der Waals surface area contributed by atoms with Crippen molar-refractivity contribution >= 4 is 29.8 Å². The SMILES string of the molecule is CC(Sc1ccccn1)C(C=O)Sc1ccccn1. The zero-order valence-corrected chi connectivity index (χ0v) is 12.1. The van der Waals surface area contributed by atoms with Crippen LogP contribution in [0.25, 0.3) is 0 Å². The van der Waals surface area contributed by atoms with Crippen LogP contribution in [0.3, 0.4) is 0 Å². The fourth-order valence-electron chi connectivity index (χ4n) is 1.46. The van der Waals surface area contributed by atoms with Crippen molar-refractivity contribution in [3.05, 3.63) is 48.8 Å². The third-order valence-corrected chi connectivity index (χ3v) is 5.03. The molecule has 2 heterocycles. The minimum atomic E-state index is -0.137. The second-order valence-electron chi connectivity index (χ2n) is 3.88. The van der Waals surface area contributed by atoms with Crippen molar-refractivity contribution in [3.63, 3.8) is 0 Å². The first-order valence-electron chi connectivity index (χ1n) is 5.90. The van der Waals surface area contributed by atoms with E-state index in [1.165, 1.54) is 11.8 Å². The van der Waals surface area contributed by atoms with Crippen LogP contribution in [0.1, 0.15) is 6.92 Å². The molecule has 2 rings (SSSR count). The molecule has 0 aliphatic rings. The van der Waals surface area contributed by atoms with Gasteiger partial charge >= 0.3 is 0 Å². The smallest absolute Gasteiger partial charge is 0.134 e. The molecule has 0 saturated heterocycles. The summed E-state index contributed by atoms with van der Waals surface area (Å²) in [5, 5.41) is 1.80. The summed E-state index contributed by atoms with van der Waals surface area (Å²) >= 11 is 3.09. The van der Waals surface area contributed by atoms with Crippen LogP contribution in [-0.4, -0.2) is 26.8 Å². The number of rotatable bonds is 6. The van der Waals surface area contributed by atoms with Crippen molar-refractivity contribution in [2.24, 2.45) is 0 Å². The number of thioether (sulfide) groups is 2. The maximum atomic E-state index is 11.3. The van der Waals surface area contributed by atoms with Gasteiger partial charge in [-0.3, -0.25) is 0 Å². The Hall–Kier alpha value is -1.33. The molecule has 0 fully saturated rings. The van der Waals surface area contributed by atoms with Crippen molar-refractivity contribution in [1.82, 2.24) is 9.97 Å². The van der Waals surface area contributed by atoms with Crippen molar-refractivity contribution < 1.29 is 4.79 Å². The third kappa shape index (κ3) is 4.36. The molecule has 0 aromatic carbocycles. The van der Waals surface area contributed by atoms with Crippen LogP contribution < -0.4 is 0 Å². The maximum absolute atomic E-state index is 11.3. The molecular weight excluding hydrogens is 276 g/mol. The van der Waals surface area contributed by atoms with Gasteiger partial charge in [0, 0.05) is 17.6 Å². The van der Waals surface area contributed by atoms with Crippen LogP contribution in [-0.2, 0) is 4.79 Å². The first kappa shape index (κ1) is 14.1. The number of aldehydes is 1. The molecular formula is C14H14N2OS2. The lowest BCUT2D eigenvalue weighted by Crippen LogP contribution is -2.18. The Kier molecular flexibility index (Phi) is 5.42. The molecule has 5 heteroatoms. The third-order valence-electron chi connectivity index (χ3n) is 2.44. The molecule has 98 valence electrons. The number of nitrogens with zero attached hydrogens (tertiary/aromatic N) is 2. The monoisotopic (exact) mass is 290 g/mol. The van der Waals surface area contributed by atoms with E-state index >= 15 is 0 Å². The van der Waals surface area contributed by atoms with E-state index in [-0.39, 0.29) is 10.5 Å². The van der Waals surface area contributed by atoms with Crippen LogP contribution in [0.4, 0.5) is 0 Å². The molecule has 2 aromatic rings. The molecule has 0 aliphatic carbocycles. The highest BCUT2D eigenvalue weighted by molar-refractivity contribution is 8.04. The van der Waals surface area contributed by atoms with Crippen molar-refractivity contribution in [2.75, 3.05) is 0 Å². The normalized spacial score (nSPS) is 13.7. The Morgan fingerprint density at radius 3 is 2.05 bits per heavy atom. The van der Waals surface area contributed by atoms with E-state index in [0.29, 0.717) is 0 Å². The van der Waals surface area contributed by atoms with Crippen LogP contribution in [0, 0.1) is 0 Å². The topological polar surface area (TPSA) is 42.9 Å². The standard InChI is InChI=1S/C14H14N2OS2/c1-11(18-13-6-2-4-8-15-13)12(10-17)19-14-7-3-5-9-16-14/h2-12H,1H3. The van der Waals surface area contributed by atoms with E-state index in [1.54, 1.807) is 24.2 Å². The summed E-state index contributed by atoms with van der Waals surface area (Å²) in [7, 11) is 0. The average molecular weight is 290 g/mol. The number of carbonyl (C=O) groups excluding carboxylic acids is 1. The number of hydrogen-bond donors (Lipinski definition) is 0. The Labute approximate surface area is 121 Å². The molecule has 2 unspecified atom stereocenters. The van der Waals surface area contributed by atoms with E-state index < -0.39 is 0 Å². The lowest BCUT2D eigenvalue weighted by molar-refractivity contribution is -0.107. The predicted molar refractivity (Wildman–Crippen MR) is 79.5 cm³/mol. The van der Waals surface area contributed by atoms with Crippen LogP contribution in [0.5, 0.6) is 0 Å². The van der Waals surface area contributed by atoms with Gasteiger partial charge in [-0.2, -0.15) is 0 Å². The number of pyridine rings is 2. The first-order chi connectivity index (χ1) is 9.29. The van der Waals surface area contributed by atoms with Crippen LogP contribution in [0.2, 0.25) is 0 Å². The van der Waals surface area contributed by atoms with E-state index in [4.69, 9.17) is 0 Å². The Morgan fingerprint density at radius 2 is 1.58 bits per heavy atom. The Balaban J connectivity index is 1.99. The van der Waals surface area contributed by atoms with Gasteiger partial charge in [-0.05, 0) is 24.3 Å². The van der Waals surface area contributed by atoms with Crippen molar-refractivity contribution in [2.45, 2.75) is 27.5 Å². The highest BCUT2D eigenvalue weighted by atomic mass is 32.2. The highest BCUT2D eigenvalue weighted by Crippen LogP contribution is 2.31. The molecule has 0 radical (unpaired) electrons. The molecule has 2 atom stereocenters. The van der Waals surface area contributed by atoms with E-state index in [2.05, 4.69) is 9.97 Å². The Morgan fingerprint density at radius 1 is 1.00 bits per heavy atom. The van der Waals surface area contributed by atoms with Crippen LogP contribution >= 0.6 is 23.5 Å². The molecule has 2 aromatic heterocycles. The molecule has 0 saturated carbocycles. The van der Waals surface area contributed by atoms with Gasteiger partial charge in [0.1, 0.15) is 6.29 Å². The average Bonchev–Trinajstić information content (AvgIpc) is 2.47. The van der Waals surface area contributed by atoms with Gasteiger partial charge in [0.25, 0.3) is 0 Å². The Bertz CT molecular complexity index is 507. The molecule has 0 N–H and O–H groups in total. The lowest BCUT2D eigenvalue weighted by Gasteiger charge is -2.16. The van der Waals surface area contributed by atoms with Gasteiger partial charge in [-0.1, -0.05) is 30.8 Å². The molecule has 19 heavy (non-hydrogen) atoms. The maximum Gasteiger partial charge on any atom is 0.134 e. The first-order valence-corrected chi connectivity index (χ1v) is 7.66. The molecule has 0 amide bonds. The van der Waals surface area contributed by atoms with Gasteiger partial charge in [0.05, 0.1) is 15.3 Å². The summed E-state index contributed by atoms with van der Waals surface area (Å²) in [5.41, 5.74) is 0. The minimum absolute atomic E-state index is 0.137. The summed E-state index contributed by atoms with van der Waals surface area (Å²) in [5.74, 6) is 0. The second kappa shape index (κ2) is 7.31. The van der Waals surface area contributed by atoms with Crippen LogP contribution in [0.15, 0.2) is 58.8 Å². The quantitative estimate of drug-likeness (QED) is 0.603. The number of hydrogen-bond acceptors (Lipinski definition) is 5. The van der Waals surface area contributed by atoms with E-state index in [9.17, 15) is 4.79 Å². The summed E-state index contributed by atoms with van der Waals surface area (Å²) in [6.45, 7) is 2.04. The molecule has 0 spiro atoms. The zero-order chi connectivity index (χ0) is 13.5. The number of aromatic nitrogens is 2. The number of carbonyl (C=O) groups is 1. The molecule has 0 aliphatic heterocycles. The fraction of sp³-hybridized carbons (Fsp3) is 0.214. The van der Waals surface area contributed by atoms with Crippen molar-refractivity contribution in [3.8, 4) is 0 Å². The zero-order valence-electron chi connectivity index (χ0n) is 10.5.